The van der Waals surface area contributed by atoms with Gasteiger partial charge in [-0.15, -0.1) is 0 Å². The topological polar surface area (TPSA) is 34.9 Å². The summed E-state index contributed by atoms with van der Waals surface area (Å²) in [6, 6.07) is 1.96. The molecule has 0 amide bonds. The maximum atomic E-state index is 12.3. The highest BCUT2D eigenvalue weighted by Gasteiger charge is 2.33. The second-order valence-electron chi connectivity index (χ2n) is 5.31. The number of carbonyl (C=O) groups is 1. The van der Waals surface area contributed by atoms with E-state index in [1.807, 2.05) is 30.7 Å². The van der Waals surface area contributed by atoms with Crippen LogP contribution in [0.4, 0.5) is 0 Å². The van der Waals surface area contributed by atoms with E-state index in [2.05, 4.69) is 12.0 Å². The van der Waals surface area contributed by atoms with Crippen molar-refractivity contribution in [2.45, 2.75) is 46.6 Å². The Morgan fingerprint density at radius 1 is 1.53 bits per heavy atom. The fraction of sp³-hybridized carbons (Fsp3) is 0.571. The molecule has 0 aromatic carbocycles. The van der Waals surface area contributed by atoms with E-state index in [1.165, 1.54) is 0 Å². The molecule has 92 valence electrons. The average molecular weight is 232 g/mol. The second-order valence-corrected chi connectivity index (χ2v) is 5.31. The molecule has 3 heteroatoms. The van der Waals surface area contributed by atoms with Gasteiger partial charge in [0.2, 0.25) is 0 Å². The number of nitrogens with zero attached hydrogens (tertiary/aromatic N) is 2. The minimum Gasteiger partial charge on any atom is -0.294 e. The van der Waals surface area contributed by atoms with Crippen molar-refractivity contribution in [2.75, 3.05) is 0 Å². The highest BCUT2D eigenvalue weighted by Crippen LogP contribution is 2.35. The van der Waals surface area contributed by atoms with Gasteiger partial charge in [-0.1, -0.05) is 13.8 Å². The van der Waals surface area contributed by atoms with Crippen LogP contribution in [-0.4, -0.2) is 15.6 Å². The monoisotopic (exact) mass is 232 g/mol. The lowest BCUT2D eigenvalue weighted by molar-refractivity contribution is -0.124. The predicted molar refractivity (Wildman–Crippen MR) is 68.5 cm³/mol. The zero-order valence-electron chi connectivity index (χ0n) is 10.9. The SMILES string of the molecule is CCn1nccc1/C=C1\CCCC(C)(C)C1=O. The molecule has 0 spiro atoms. The van der Waals surface area contributed by atoms with Crippen LogP contribution in [0.5, 0.6) is 0 Å². The Balaban J connectivity index is 2.31. The molecule has 0 radical (unpaired) electrons. The molecule has 1 fully saturated rings. The van der Waals surface area contributed by atoms with Gasteiger partial charge in [0.05, 0.1) is 5.69 Å². The minimum absolute atomic E-state index is 0.193. The van der Waals surface area contributed by atoms with E-state index in [0.29, 0.717) is 5.78 Å². The summed E-state index contributed by atoms with van der Waals surface area (Å²) in [6.07, 6.45) is 6.80. The van der Waals surface area contributed by atoms with Crippen LogP contribution in [0.1, 0.15) is 45.7 Å². The lowest BCUT2D eigenvalue weighted by Crippen LogP contribution is -2.29. The number of carbonyl (C=O) groups excluding carboxylic acids is 1. The van der Waals surface area contributed by atoms with E-state index >= 15 is 0 Å². The number of ketones is 1. The Kier molecular flexibility index (Phi) is 3.18. The average Bonchev–Trinajstić information content (AvgIpc) is 2.72. The first kappa shape index (κ1) is 12.1. The van der Waals surface area contributed by atoms with Crippen LogP contribution in [-0.2, 0) is 11.3 Å². The Labute approximate surface area is 103 Å². The zero-order chi connectivity index (χ0) is 12.5. The molecule has 1 aromatic heterocycles. The van der Waals surface area contributed by atoms with Crippen molar-refractivity contribution < 1.29 is 4.79 Å². The molecule has 1 aliphatic carbocycles. The van der Waals surface area contributed by atoms with E-state index in [-0.39, 0.29) is 5.41 Å². The molecule has 0 saturated heterocycles. The van der Waals surface area contributed by atoms with Gasteiger partial charge in [-0.05, 0) is 43.9 Å². The molecule has 1 saturated carbocycles. The first-order chi connectivity index (χ1) is 8.04. The molecule has 0 aliphatic heterocycles. The lowest BCUT2D eigenvalue weighted by Gasteiger charge is -2.29. The summed E-state index contributed by atoms with van der Waals surface area (Å²) < 4.78 is 1.92. The number of hydrogen-bond donors (Lipinski definition) is 0. The predicted octanol–water partition coefficient (Wildman–Crippen LogP) is 3.07. The van der Waals surface area contributed by atoms with Crippen LogP contribution in [0.3, 0.4) is 0 Å². The fourth-order valence-electron chi connectivity index (χ4n) is 2.43. The minimum atomic E-state index is -0.193. The van der Waals surface area contributed by atoms with Gasteiger partial charge in [0.25, 0.3) is 0 Å². The molecule has 3 nitrogen and oxygen atoms in total. The number of aromatic nitrogens is 2. The van der Waals surface area contributed by atoms with Crippen molar-refractivity contribution in [2.24, 2.45) is 5.41 Å². The number of allylic oxidation sites excluding steroid dienone is 1. The second kappa shape index (κ2) is 4.47. The molecule has 0 atom stereocenters. The summed E-state index contributed by atoms with van der Waals surface area (Å²) >= 11 is 0. The smallest absolute Gasteiger partial charge is 0.164 e. The van der Waals surface area contributed by atoms with Crippen molar-refractivity contribution >= 4 is 11.9 Å². The van der Waals surface area contributed by atoms with Crippen LogP contribution in [0.15, 0.2) is 17.8 Å². The summed E-state index contributed by atoms with van der Waals surface area (Å²) in [4.78, 5) is 12.3. The summed E-state index contributed by atoms with van der Waals surface area (Å²) in [6.45, 7) is 6.98. The highest BCUT2D eigenvalue weighted by atomic mass is 16.1. The molecule has 1 aliphatic rings. The summed E-state index contributed by atoms with van der Waals surface area (Å²) in [7, 11) is 0. The van der Waals surface area contributed by atoms with Gasteiger partial charge >= 0.3 is 0 Å². The van der Waals surface area contributed by atoms with Crippen LogP contribution in [0, 0.1) is 5.41 Å². The van der Waals surface area contributed by atoms with Gasteiger partial charge in [-0.2, -0.15) is 5.10 Å². The van der Waals surface area contributed by atoms with E-state index < -0.39 is 0 Å². The molecule has 0 bridgehead atoms. The van der Waals surface area contributed by atoms with Gasteiger partial charge in [0.1, 0.15) is 0 Å². The number of hydrogen-bond acceptors (Lipinski definition) is 2. The Hall–Kier alpha value is -1.38. The molecule has 1 heterocycles. The molecule has 1 aromatic rings. The van der Waals surface area contributed by atoms with Crippen molar-refractivity contribution in [3.8, 4) is 0 Å². The van der Waals surface area contributed by atoms with Gasteiger partial charge in [-0.3, -0.25) is 9.48 Å². The van der Waals surface area contributed by atoms with Crippen molar-refractivity contribution in [3.05, 3.63) is 23.5 Å². The van der Waals surface area contributed by atoms with Crippen LogP contribution < -0.4 is 0 Å². The lowest BCUT2D eigenvalue weighted by atomic mass is 9.73. The quantitative estimate of drug-likeness (QED) is 0.734. The zero-order valence-corrected chi connectivity index (χ0v) is 10.9. The maximum absolute atomic E-state index is 12.3. The third kappa shape index (κ3) is 2.33. The van der Waals surface area contributed by atoms with Crippen LogP contribution in [0.25, 0.3) is 6.08 Å². The Morgan fingerprint density at radius 3 is 3.00 bits per heavy atom. The van der Waals surface area contributed by atoms with Crippen LogP contribution in [0.2, 0.25) is 0 Å². The first-order valence-electron chi connectivity index (χ1n) is 6.32. The van der Waals surface area contributed by atoms with E-state index in [9.17, 15) is 4.79 Å². The third-order valence-corrected chi connectivity index (χ3v) is 3.53. The molecule has 17 heavy (non-hydrogen) atoms. The summed E-state index contributed by atoms with van der Waals surface area (Å²) in [5.41, 5.74) is 1.80. The first-order valence-corrected chi connectivity index (χ1v) is 6.32. The normalized spacial score (nSPS) is 22.1. The van der Waals surface area contributed by atoms with Crippen molar-refractivity contribution in [1.82, 2.24) is 9.78 Å². The standard InChI is InChI=1S/C14H20N2O/c1-4-16-12(7-9-15-16)10-11-6-5-8-14(2,3)13(11)17/h7,9-10H,4-6,8H2,1-3H3/b11-10+. The Bertz CT molecular complexity index is 455. The van der Waals surface area contributed by atoms with E-state index in [1.54, 1.807) is 6.20 Å². The maximum Gasteiger partial charge on any atom is 0.164 e. The molecule has 0 unspecified atom stereocenters. The molecule has 2 rings (SSSR count). The van der Waals surface area contributed by atoms with Gasteiger partial charge in [0, 0.05) is 18.2 Å². The third-order valence-electron chi connectivity index (χ3n) is 3.53. The molecular formula is C14H20N2O. The van der Waals surface area contributed by atoms with Gasteiger partial charge < -0.3 is 0 Å². The van der Waals surface area contributed by atoms with Crippen molar-refractivity contribution in [3.63, 3.8) is 0 Å². The van der Waals surface area contributed by atoms with Gasteiger partial charge in [-0.25, -0.2) is 0 Å². The number of rotatable bonds is 2. The van der Waals surface area contributed by atoms with Crippen LogP contribution >= 0.6 is 0 Å². The summed E-state index contributed by atoms with van der Waals surface area (Å²) in [5, 5.41) is 4.22. The molecule has 0 N–H and O–H groups in total. The largest absolute Gasteiger partial charge is 0.294 e. The van der Waals surface area contributed by atoms with Gasteiger partial charge in [0.15, 0.2) is 5.78 Å². The van der Waals surface area contributed by atoms with Crippen molar-refractivity contribution in [1.29, 1.82) is 0 Å². The summed E-state index contributed by atoms with van der Waals surface area (Å²) in [5.74, 6) is 0.299. The molecular weight excluding hydrogens is 212 g/mol. The van der Waals surface area contributed by atoms with E-state index in [0.717, 1.165) is 37.1 Å². The fourth-order valence-corrected chi connectivity index (χ4v) is 2.43. The number of Topliss-reactive ketones (excluding diaryl/α,β-unsaturated/α-hetero) is 1. The van der Waals surface area contributed by atoms with E-state index in [4.69, 9.17) is 0 Å². The Morgan fingerprint density at radius 2 is 2.29 bits per heavy atom. The highest BCUT2D eigenvalue weighted by molar-refractivity contribution is 6.03. The number of aryl methyl sites for hydroxylation is 1.